The molecule has 4 rings (SSSR count). The average Bonchev–Trinajstić information content (AvgIpc) is 3.26. The first-order valence-electron chi connectivity index (χ1n) is 11.3. The monoisotopic (exact) mass is 483 g/mol. The standard InChI is InChI=1S/C26H29NO6S/c1-5-32-26(29)19-14-27-20(13-22(19)28)18-12-23(31-4)24(33-8-6-7-30-3)11-17(18)10-21(27)25-9-16(2)15-34-25/h9,11-15,21H,5-8,10H2,1-4H3. The van der Waals surface area contributed by atoms with Gasteiger partial charge in [0.25, 0.3) is 0 Å². The average molecular weight is 484 g/mol. The summed E-state index contributed by atoms with van der Waals surface area (Å²) in [7, 11) is 3.26. The number of methoxy groups -OCH3 is 2. The highest BCUT2D eigenvalue weighted by atomic mass is 32.1. The summed E-state index contributed by atoms with van der Waals surface area (Å²) < 4.78 is 23.9. The molecule has 1 aliphatic heterocycles. The van der Waals surface area contributed by atoms with Crippen LogP contribution in [0.1, 0.15) is 45.7 Å². The van der Waals surface area contributed by atoms with Crippen molar-refractivity contribution in [2.24, 2.45) is 0 Å². The van der Waals surface area contributed by atoms with Crippen LogP contribution in [0.25, 0.3) is 11.3 Å². The molecule has 180 valence electrons. The first-order chi connectivity index (χ1) is 16.5. The van der Waals surface area contributed by atoms with Gasteiger partial charge in [-0.25, -0.2) is 4.79 Å². The molecule has 0 amide bonds. The second-order valence-electron chi connectivity index (χ2n) is 8.17. The van der Waals surface area contributed by atoms with E-state index in [0.29, 0.717) is 31.1 Å². The number of carbonyl (C=O) groups excluding carboxylic acids is 1. The fourth-order valence-corrected chi connectivity index (χ4v) is 5.22. The van der Waals surface area contributed by atoms with Crippen LogP contribution in [0, 0.1) is 6.92 Å². The number of pyridine rings is 1. The molecule has 1 aliphatic rings. The van der Waals surface area contributed by atoms with Gasteiger partial charge < -0.3 is 23.5 Å². The summed E-state index contributed by atoms with van der Waals surface area (Å²) in [6, 6.07) is 7.52. The number of hydrogen-bond acceptors (Lipinski definition) is 7. The Bertz CT molecular complexity index is 1240. The second kappa shape index (κ2) is 10.4. The van der Waals surface area contributed by atoms with Crippen molar-refractivity contribution in [1.82, 2.24) is 4.57 Å². The van der Waals surface area contributed by atoms with Crippen molar-refractivity contribution in [1.29, 1.82) is 0 Å². The third-order valence-corrected chi connectivity index (χ3v) is 6.97. The smallest absolute Gasteiger partial charge is 0.343 e. The van der Waals surface area contributed by atoms with Gasteiger partial charge in [-0.15, -0.1) is 11.3 Å². The maximum absolute atomic E-state index is 12.9. The fraction of sp³-hybridized carbons (Fsp3) is 0.385. The highest BCUT2D eigenvalue weighted by Gasteiger charge is 2.29. The Hall–Kier alpha value is -3.10. The summed E-state index contributed by atoms with van der Waals surface area (Å²) in [4.78, 5) is 26.5. The minimum Gasteiger partial charge on any atom is -0.493 e. The molecule has 1 aromatic carbocycles. The third kappa shape index (κ3) is 4.74. The van der Waals surface area contributed by atoms with Gasteiger partial charge in [0.1, 0.15) is 5.56 Å². The van der Waals surface area contributed by atoms with Crippen LogP contribution in [0.5, 0.6) is 11.5 Å². The van der Waals surface area contributed by atoms with Crippen molar-refractivity contribution in [2.75, 3.05) is 34.0 Å². The predicted octanol–water partition coefficient (Wildman–Crippen LogP) is 4.63. The highest BCUT2D eigenvalue weighted by molar-refractivity contribution is 7.10. The van der Waals surface area contributed by atoms with E-state index < -0.39 is 5.97 Å². The molecule has 0 saturated heterocycles. The van der Waals surface area contributed by atoms with E-state index >= 15 is 0 Å². The van der Waals surface area contributed by atoms with E-state index in [4.69, 9.17) is 18.9 Å². The molecular formula is C26H29NO6S. The lowest BCUT2D eigenvalue weighted by atomic mass is 9.90. The summed E-state index contributed by atoms with van der Waals surface area (Å²) in [6.45, 7) is 5.12. The van der Waals surface area contributed by atoms with Crippen molar-refractivity contribution in [3.8, 4) is 22.8 Å². The molecule has 0 bridgehead atoms. The number of esters is 1. The summed E-state index contributed by atoms with van der Waals surface area (Å²) >= 11 is 1.67. The lowest BCUT2D eigenvalue weighted by Gasteiger charge is -2.31. The number of rotatable bonds is 9. The van der Waals surface area contributed by atoms with Crippen LogP contribution in [0.2, 0.25) is 0 Å². The third-order valence-electron chi connectivity index (χ3n) is 5.82. The normalized spacial score (nSPS) is 14.3. The number of aryl methyl sites for hydroxylation is 1. The maximum Gasteiger partial charge on any atom is 0.343 e. The lowest BCUT2D eigenvalue weighted by molar-refractivity contribution is 0.0523. The summed E-state index contributed by atoms with van der Waals surface area (Å²) in [5, 5.41) is 2.11. The van der Waals surface area contributed by atoms with E-state index in [9.17, 15) is 9.59 Å². The SMILES string of the molecule is CCOC(=O)c1cn2c(cc1=O)-c1cc(OC)c(OCCCOC)cc1CC2c1cc(C)cs1. The van der Waals surface area contributed by atoms with E-state index in [1.54, 1.807) is 38.7 Å². The molecule has 1 unspecified atom stereocenters. The number of thiophene rings is 1. The molecular weight excluding hydrogens is 454 g/mol. The number of aromatic nitrogens is 1. The van der Waals surface area contributed by atoms with Crippen LogP contribution in [0.4, 0.5) is 0 Å². The number of carbonyl (C=O) groups is 1. The van der Waals surface area contributed by atoms with Gasteiger partial charge in [-0.1, -0.05) is 0 Å². The van der Waals surface area contributed by atoms with Crippen LogP contribution < -0.4 is 14.9 Å². The Morgan fingerprint density at radius 1 is 1.15 bits per heavy atom. The van der Waals surface area contributed by atoms with Gasteiger partial charge in [0, 0.05) is 42.8 Å². The zero-order chi connectivity index (χ0) is 24.2. The molecule has 3 heterocycles. The van der Waals surface area contributed by atoms with Gasteiger partial charge in [0.2, 0.25) is 0 Å². The predicted molar refractivity (Wildman–Crippen MR) is 132 cm³/mol. The highest BCUT2D eigenvalue weighted by Crippen LogP contribution is 2.43. The van der Waals surface area contributed by atoms with Gasteiger partial charge in [-0.2, -0.15) is 0 Å². The van der Waals surface area contributed by atoms with E-state index in [2.05, 4.69) is 18.4 Å². The maximum atomic E-state index is 12.9. The molecule has 2 aromatic heterocycles. The van der Waals surface area contributed by atoms with E-state index in [0.717, 1.165) is 28.1 Å². The van der Waals surface area contributed by atoms with Crippen LogP contribution in [0.15, 0.2) is 40.6 Å². The van der Waals surface area contributed by atoms with Crippen LogP contribution in [0.3, 0.4) is 0 Å². The second-order valence-corrected chi connectivity index (χ2v) is 9.11. The van der Waals surface area contributed by atoms with Gasteiger partial charge in [-0.3, -0.25) is 4.79 Å². The quantitative estimate of drug-likeness (QED) is 0.326. The van der Waals surface area contributed by atoms with E-state index in [1.165, 1.54) is 11.6 Å². The number of nitrogens with zero attached hydrogens (tertiary/aromatic N) is 1. The molecule has 0 fully saturated rings. The van der Waals surface area contributed by atoms with Gasteiger partial charge in [-0.05, 0) is 55.0 Å². The molecule has 1 atom stereocenters. The molecule has 8 heteroatoms. The van der Waals surface area contributed by atoms with Crippen molar-refractivity contribution < 1.29 is 23.7 Å². The molecule has 0 radical (unpaired) electrons. The van der Waals surface area contributed by atoms with E-state index in [1.807, 2.05) is 16.7 Å². The van der Waals surface area contributed by atoms with Crippen molar-refractivity contribution in [3.63, 3.8) is 0 Å². The Labute approximate surface area is 202 Å². The minimum absolute atomic E-state index is 0.0392. The number of hydrogen-bond donors (Lipinski definition) is 0. The molecule has 0 spiro atoms. The van der Waals surface area contributed by atoms with Gasteiger partial charge in [0.15, 0.2) is 16.9 Å². The lowest BCUT2D eigenvalue weighted by Crippen LogP contribution is -2.26. The zero-order valence-corrected chi connectivity index (χ0v) is 20.7. The summed E-state index contributed by atoms with van der Waals surface area (Å²) in [5.41, 5.74) is 3.53. The van der Waals surface area contributed by atoms with Crippen LogP contribution >= 0.6 is 11.3 Å². The largest absolute Gasteiger partial charge is 0.493 e. The molecule has 3 aromatic rings. The Balaban J connectivity index is 1.84. The fourth-order valence-electron chi connectivity index (χ4n) is 4.23. The first-order valence-corrected chi connectivity index (χ1v) is 12.2. The molecule has 0 aliphatic carbocycles. The number of benzene rings is 1. The van der Waals surface area contributed by atoms with Crippen molar-refractivity contribution >= 4 is 17.3 Å². The zero-order valence-electron chi connectivity index (χ0n) is 19.9. The Morgan fingerprint density at radius 3 is 2.65 bits per heavy atom. The Kier molecular flexibility index (Phi) is 7.38. The van der Waals surface area contributed by atoms with Crippen molar-refractivity contribution in [3.05, 3.63) is 67.6 Å². The van der Waals surface area contributed by atoms with Crippen LogP contribution in [-0.2, 0) is 15.9 Å². The topological polar surface area (TPSA) is 76.0 Å². The number of ether oxygens (including phenoxy) is 4. The molecule has 34 heavy (non-hydrogen) atoms. The summed E-state index contributed by atoms with van der Waals surface area (Å²) in [6.07, 6.45) is 3.09. The van der Waals surface area contributed by atoms with Gasteiger partial charge >= 0.3 is 5.97 Å². The van der Waals surface area contributed by atoms with Crippen molar-refractivity contribution in [2.45, 2.75) is 32.7 Å². The first kappa shape index (κ1) is 24.0. The molecule has 0 N–H and O–H groups in total. The van der Waals surface area contributed by atoms with E-state index in [-0.39, 0.29) is 23.6 Å². The Morgan fingerprint density at radius 2 is 1.97 bits per heavy atom. The molecule has 0 saturated carbocycles. The number of fused-ring (bicyclic) bond motifs is 3. The summed E-state index contributed by atoms with van der Waals surface area (Å²) in [5.74, 6) is 0.652. The minimum atomic E-state index is -0.605. The van der Waals surface area contributed by atoms with Gasteiger partial charge in [0.05, 0.1) is 32.1 Å². The molecule has 7 nitrogen and oxygen atoms in total. The van der Waals surface area contributed by atoms with Crippen LogP contribution in [-0.4, -0.2) is 44.6 Å².